The molecule has 0 heterocycles. The van der Waals surface area contributed by atoms with Gasteiger partial charge in [-0.1, -0.05) is 130 Å². The Morgan fingerprint density at radius 2 is 0.864 bits per heavy atom. The van der Waals surface area contributed by atoms with Gasteiger partial charge in [0.05, 0.1) is 0 Å². The van der Waals surface area contributed by atoms with Gasteiger partial charge in [0.2, 0.25) is 0 Å². The Hall–Kier alpha value is -4.88. The van der Waals surface area contributed by atoms with Gasteiger partial charge in [-0.3, -0.25) is 0 Å². The van der Waals surface area contributed by atoms with Gasteiger partial charge < -0.3 is 4.90 Å². The number of aryl methyl sites for hydroxylation is 2. The third-order valence-corrected chi connectivity index (χ3v) is 9.57. The Kier molecular flexibility index (Phi) is 7.40. The molecule has 6 aromatic rings. The molecule has 0 bridgehead atoms. The maximum Gasteiger partial charge on any atom is 0.0462 e. The van der Waals surface area contributed by atoms with Crippen molar-refractivity contribution in [3.63, 3.8) is 0 Å². The molecule has 0 saturated carbocycles. The fraction of sp³-hybridized carbons (Fsp3) is 0.163. The summed E-state index contributed by atoms with van der Waals surface area (Å²) in [5, 5.41) is 0. The van der Waals surface area contributed by atoms with Gasteiger partial charge in [-0.15, -0.1) is 0 Å². The highest BCUT2D eigenvalue weighted by Crippen LogP contribution is 2.38. The summed E-state index contributed by atoms with van der Waals surface area (Å²) < 4.78 is 0. The molecular formula is C43H39N. The van der Waals surface area contributed by atoms with Crippen molar-refractivity contribution in [2.45, 2.75) is 45.4 Å². The lowest BCUT2D eigenvalue weighted by molar-refractivity contribution is 0.506. The third kappa shape index (κ3) is 5.47. The number of hydrogen-bond donors (Lipinski definition) is 0. The van der Waals surface area contributed by atoms with Crippen molar-refractivity contribution in [3.8, 4) is 33.4 Å². The summed E-state index contributed by atoms with van der Waals surface area (Å²) in [6.07, 6.45) is 3.54. The fourth-order valence-electron chi connectivity index (χ4n) is 6.18. The van der Waals surface area contributed by atoms with E-state index in [1.165, 1.54) is 62.9 Å². The second-order valence-corrected chi connectivity index (χ2v) is 12.6. The summed E-state index contributed by atoms with van der Waals surface area (Å²) in [4.78, 5) is 2.35. The minimum Gasteiger partial charge on any atom is -0.311 e. The van der Waals surface area contributed by atoms with E-state index in [0.717, 1.165) is 23.5 Å². The summed E-state index contributed by atoms with van der Waals surface area (Å²) in [6, 6.07) is 53.5. The van der Waals surface area contributed by atoms with E-state index in [1.807, 2.05) is 0 Å². The highest BCUT2D eigenvalue weighted by Gasteiger charge is 2.18. The van der Waals surface area contributed by atoms with E-state index >= 15 is 0 Å². The Morgan fingerprint density at radius 3 is 1.30 bits per heavy atom. The van der Waals surface area contributed by atoms with Crippen LogP contribution in [0.4, 0.5) is 17.1 Å². The van der Waals surface area contributed by atoms with E-state index in [-0.39, 0.29) is 5.41 Å². The van der Waals surface area contributed by atoms with Crippen molar-refractivity contribution in [1.82, 2.24) is 0 Å². The Morgan fingerprint density at radius 1 is 0.455 bits per heavy atom. The van der Waals surface area contributed by atoms with Crippen LogP contribution in [0.3, 0.4) is 0 Å². The molecule has 0 spiro atoms. The van der Waals surface area contributed by atoms with Crippen LogP contribution in [0, 0.1) is 0 Å². The fourth-order valence-corrected chi connectivity index (χ4v) is 6.18. The molecule has 7 rings (SSSR count). The molecule has 0 saturated heterocycles. The second kappa shape index (κ2) is 11.7. The van der Waals surface area contributed by atoms with E-state index in [0.29, 0.717) is 0 Å². The molecular weight excluding hydrogens is 530 g/mol. The SMILES string of the molecule is CCC(C)(C)c1ccc(-c2ccc(N(c3ccc(-c4ccccc4)cc3)c3ccc(-c4ccc5c(c4)CC5)cc3)cc2)cc1. The predicted molar refractivity (Wildman–Crippen MR) is 188 cm³/mol. The predicted octanol–water partition coefficient (Wildman–Crippen LogP) is 11.9. The largest absolute Gasteiger partial charge is 0.311 e. The highest BCUT2D eigenvalue weighted by molar-refractivity contribution is 5.81. The maximum atomic E-state index is 2.36. The molecule has 0 aromatic heterocycles. The smallest absolute Gasteiger partial charge is 0.0462 e. The van der Waals surface area contributed by atoms with Crippen LogP contribution in [0.15, 0.2) is 146 Å². The molecule has 1 heteroatoms. The molecule has 0 atom stereocenters. The van der Waals surface area contributed by atoms with Crippen LogP contribution in [0.2, 0.25) is 0 Å². The zero-order chi connectivity index (χ0) is 30.1. The lowest BCUT2D eigenvalue weighted by atomic mass is 9.82. The zero-order valence-corrected chi connectivity index (χ0v) is 25.9. The van der Waals surface area contributed by atoms with Gasteiger partial charge in [-0.2, -0.15) is 0 Å². The topological polar surface area (TPSA) is 3.24 Å². The summed E-state index contributed by atoms with van der Waals surface area (Å²) in [5.74, 6) is 0. The number of benzene rings is 6. The van der Waals surface area contributed by atoms with Crippen LogP contribution >= 0.6 is 0 Å². The van der Waals surface area contributed by atoms with Crippen LogP contribution in [0.5, 0.6) is 0 Å². The van der Waals surface area contributed by atoms with E-state index in [4.69, 9.17) is 0 Å². The summed E-state index contributed by atoms with van der Waals surface area (Å²) in [6.45, 7) is 6.89. The van der Waals surface area contributed by atoms with E-state index < -0.39 is 0 Å². The van der Waals surface area contributed by atoms with Crippen LogP contribution in [-0.4, -0.2) is 0 Å². The van der Waals surface area contributed by atoms with Crippen molar-refractivity contribution < 1.29 is 0 Å². The maximum absolute atomic E-state index is 2.36. The van der Waals surface area contributed by atoms with E-state index in [9.17, 15) is 0 Å². The monoisotopic (exact) mass is 569 g/mol. The number of anilines is 3. The van der Waals surface area contributed by atoms with Crippen LogP contribution in [0.1, 0.15) is 43.9 Å². The Bertz CT molecular complexity index is 1860. The minimum atomic E-state index is 0.190. The molecule has 6 aromatic carbocycles. The first-order chi connectivity index (χ1) is 21.5. The third-order valence-electron chi connectivity index (χ3n) is 9.57. The van der Waals surface area contributed by atoms with Crippen molar-refractivity contribution in [2.24, 2.45) is 0 Å². The summed E-state index contributed by atoms with van der Waals surface area (Å²) >= 11 is 0. The number of hydrogen-bond acceptors (Lipinski definition) is 1. The van der Waals surface area contributed by atoms with Gasteiger partial charge >= 0.3 is 0 Å². The Labute approximate surface area is 262 Å². The molecule has 0 radical (unpaired) electrons. The first-order valence-electron chi connectivity index (χ1n) is 15.9. The lowest BCUT2D eigenvalue weighted by Gasteiger charge is -2.26. The quantitative estimate of drug-likeness (QED) is 0.176. The van der Waals surface area contributed by atoms with Crippen LogP contribution in [0.25, 0.3) is 33.4 Å². The minimum absolute atomic E-state index is 0.190. The average molecular weight is 570 g/mol. The van der Waals surface area contributed by atoms with Crippen LogP contribution in [-0.2, 0) is 18.3 Å². The molecule has 0 fully saturated rings. The zero-order valence-electron chi connectivity index (χ0n) is 25.9. The first kappa shape index (κ1) is 27.9. The van der Waals surface area contributed by atoms with Crippen molar-refractivity contribution in [1.29, 1.82) is 0 Å². The van der Waals surface area contributed by atoms with E-state index in [2.05, 4.69) is 171 Å². The van der Waals surface area contributed by atoms with Crippen LogP contribution < -0.4 is 4.90 Å². The summed E-state index contributed by atoms with van der Waals surface area (Å²) in [5.41, 5.74) is 15.5. The Balaban J connectivity index is 1.22. The van der Waals surface area contributed by atoms with Gasteiger partial charge in [0.1, 0.15) is 0 Å². The molecule has 1 nitrogen and oxygen atoms in total. The van der Waals surface area contributed by atoms with Crippen molar-refractivity contribution in [3.05, 3.63) is 162 Å². The van der Waals surface area contributed by atoms with Gasteiger partial charge in [0.15, 0.2) is 0 Å². The molecule has 1 aliphatic rings. The molecule has 0 unspecified atom stereocenters. The second-order valence-electron chi connectivity index (χ2n) is 12.6. The van der Waals surface area contributed by atoms with E-state index in [1.54, 1.807) is 0 Å². The standard InChI is InChI=1S/C43H39N/c1-4-43(2,3)39-22-14-32(15-23-39)34-18-26-41(27-19-34)44(40-24-16-33(17-25-40)31-8-6-5-7-9-31)42-28-20-36(21-29-42)38-13-11-35-10-12-37(35)30-38/h5-9,11,13-30H,4,10,12H2,1-3H3. The van der Waals surface area contributed by atoms with Gasteiger partial charge in [0, 0.05) is 17.1 Å². The van der Waals surface area contributed by atoms with Gasteiger partial charge in [0.25, 0.3) is 0 Å². The normalized spacial score (nSPS) is 12.3. The molecule has 44 heavy (non-hydrogen) atoms. The molecule has 216 valence electrons. The van der Waals surface area contributed by atoms with Crippen molar-refractivity contribution >= 4 is 17.1 Å². The highest BCUT2D eigenvalue weighted by atomic mass is 15.1. The van der Waals surface area contributed by atoms with Gasteiger partial charge in [-0.25, -0.2) is 0 Å². The van der Waals surface area contributed by atoms with Gasteiger partial charge in [-0.05, 0) is 111 Å². The lowest BCUT2D eigenvalue weighted by Crippen LogP contribution is -2.14. The summed E-state index contributed by atoms with van der Waals surface area (Å²) in [7, 11) is 0. The van der Waals surface area contributed by atoms with Crippen molar-refractivity contribution in [2.75, 3.05) is 4.90 Å². The molecule has 0 amide bonds. The number of fused-ring (bicyclic) bond motifs is 1. The molecule has 0 N–H and O–H groups in total. The molecule has 0 aliphatic heterocycles. The molecule has 1 aliphatic carbocycles. The first-order valence-corrected chi connectivity index (χ1v) is 15.9. The number of rotatable bonds is 8. The number of nitrogens with zero attached hydrogens (tertiary/aromatic N) is 1. The average Bonchev–Trinajstić information content (AvgIpc) is 3.07.